The van der Waals surface area contributed by atoms with Gasteiger partial charge in [0.05, 0.1) is 0 Å². The Morgan fingerprint density at radius 2 is 1.91 bits per heavy atom. The zero-order valence-electron chi connectivity index (χ0n) is 11.3. The number of fused-ring (bicyclic) bond motifs is 1. The van der Waals surface area contributed by atoms with Crippen molar-refractivity contribution in [3.05, 3.63) is 48.0 Å². The van der Waals surface area contributed by atoms with Gasteiger partial charge in [0.25, 0.3) is 5.91 Å². The molecule has 2 aromatic carbocycles. The second-order valence-corrected chi connectivity index (χ2v) is 4.48. The zero-order chi connectivity index (χ0) is 15.5. The summed E-state index contributed by atoms with van der Waals surface area (Å²) < 4.78 is 41.2. The minimum absolute atomic E-state index is 0.0692. The Morgan fingerprint density at radius 1 is 1.09 bits per heavy atom. The van der Waals surface area contributed by atoms with Gasteiger partial charge < -0.3 is 19.5 Å². The second kappa shape index (κ2) is 5.88. The fourth-order valence-corrected chi connectivity index (χ4v) is 1.89. The van der Waals surface area contributed by atoms with Crippen molar-refractivity contribution in [3.63, 3.8) is 0 Å². The molecule has 22 heavy (non-hydrogen) atoms. The molecule has 0 atom stereocenters. The third-order valence-electron chi connectivity index (χ3n) is 2.92. The van der Waals surface area contributed by atoms with Crippen LogP contribution in [0.3, 0.4) is 0 Å². The standard InChI is InChI=1S/C15H11F2NO4/c16-11-3-2-10(6-12(11)17)20-7-15(19)18-9-1-4-13-14(5-9)22-8-21-13/h1-6H,7-8H2,(H,18,19). The summed E-state index contributed by atoms with van der Waals surface area (Å²) in [6, 6.07) is 8.00. The summed E-state index contributed by atoms with van der Waals surface area (Å²) in [6.45, 7) is -0.189. The fraction of sp³-hybridized carbons (Fsp3) is 0.133. The predicted molar refractivity (Wildman–Crippen MR) is 73.0 cm³/mol. The molecule has 3 rings (SSSR count). The highest BCUT2D eigenvalue weighted by atomic mass is 19.2. The van der Waals surface area contributed by atoms with E-state index in [0.29, 0.717) is 17.2 Å². The van der Waals surface area contributed by atoms with Crippen LogP contribution >= 0.6 is 0 Å². The van der Waals surface area contributed by atoms with E-state index in [4.69, 9.17) is 14.2 Å². The Bertz CT molecular complexity index is 721. The lowest BCUT2D eigenvalue weighted by Crippen LogP contribution is -2.20. The van der Waals surface area contributed by atoms with Crippen LogP contribution in [-0.4, -0.2) is 19.3 Å². The molecule has 0 spiro atoms. The lowest BCUT2D eigenvalue weighted by molar-refractivity contribution is -0.118. The highest BCUT2D eigenvalue weighted by molar-refractivity contribution is 5.92. The van der Waals surface area contributed by atoms with Gasteiger partial charge in [-0.2, -0.15) is 0 Å². The van der Waals surface area contributed by atoms with Gasteiger partial charge in [-0.15, -0.1) is 0 Å². The maximum absolute atomic E-state index is 13.0. The fourth-order valence-electron chi connectivity index (χ4n) is 1.89. The molecule has 0 saturated carbocycles. The molecule has 5 nitrogen and oxygen atoms in total. The molecule has 1 aliphatic rings. The van der Waals surface area contributed by atoms with E-state index in [1.54, 1.807) is 18.2 Å². The van der Waals surface area contributed by atoms with Crippen LogP contribution in [0.5, 0.6) is 17.2 Å². The molecule has 0 bridgehead atoms. The molecular weight excluding hydrogens is 296 g/mol. The Labute approximate surface area is 124 Å². The Hall–Kier alpha value is -2.83. The first-order chi connectivity index (χ1) is 10.6. The summed E-state index contributed by atoms with van der Waals surface area (Å²) in [5.74, 6) is -1.23. The normalized spacial score (nSPS) is 12.1. The number of nitrogens with one attached hydrogen (secondary N) is 1. The van der Waals surface area contributed by atoms with E-state index >= 15 is 0 Å². The van der Waals surface area contributed by atoms with E-state index in [1.807, 2.05) is 0 Å². The first-order valence-electron chi connectivity index (χ1n) is 6.39. The Balaban J connectivity index is 1.57. The first kappa shape index (κ1) is 14.1. The van der Waals surface area contributed by atoms with Crippen molar-refractivity contribution in [2.45, 2.75) is 0 Å². The maximum Gasteiger partial charge on any atom is 0.262 e. The number of amides is 1. The van der Waals surface area contributed by atoms with Gasteiger partial charge in [0, 0.05) is 17.8 Å². The average molecular weight is 307 g/mol. The molecule has 0 aliphatic carbocycles. The summed E-state index contributed by atoms with van der Waals surface area (Å²) in [5.41, 5.74) is 0.517. The van der Waals surface area contributed by atoms with Gasteiger partial charge in [-0.1, -0.05) is 0 Å². The average Bonchev–Trinajstić information content (AvgIpc) is 2.96. The van der Waals surface area contributed by atoms with Gasteiger partial charge in [0.15, 0.2) is 29.7 Å². The number of benzene rings is 2. The zero-order valence-corrected chi connectivity index (χ0v) is 11.3. The van der Waals surface area contributed by atoms with Crippen LogP contribution in [0.2, 0.25) is 0 Å². The minimum Gasteiger partial charge on any atom is -0.484 e. The van der Waals surface area contributed by atoms with E-state index in [2.05, 4.69) is 5.32 Å². The molecule has 1 aliphatic heterocycles. The Kier molecular flexibility index (Phi) is 3.78. The van der Waals surface area contributed by atoms with Crippen molar-refractivity contribution in [2.24, 2.45) is 0 Å². The molecule has 0 aromatic heterocycles. The number of hydrogen-bond acceptors (Lipinski definition) is 4. The molecule has 1 heterocycles. The van der Waals surface area contributed by atoms with E-state index in [9.17, 15) is 13.6 Å². The van der Waals surface area contributed by atoms with Crippen LogP contribution in [0.15, 0.2) is 36.4 Å². The SMILES string of the molecule is O=C(COc1ccc(F)c(F)c1)Nc1ccc2c(c1)OCO2. The monoisotopic (exact) mass is 307 g/mol. The van der Waals surface area contributed by atoms with Crippen LogP contribution in [0, 0.1) is 11.6 Å². The molecule has 0 unspecified atom stereocenters. The molecule has 1 amide bonds. The van der Waals surface area contributed by atoms with Crippen molar-refractivity contribution in [1.82, 2.24) is 0 Å². The third kappa shape index (κ3) is 3.08. The van der Waals surface area contributed by atoms with Gasteiger partial charge in [0.1, 0.15) is 5.75 Å². The summed E-state index contributed by atoms with van der Waals surface area (Å²) in [4.78, 5) is 11.8. The maximum atomic E-state index is 13.0. The summed E-state index contributed by atoms with van der Waals surface area (Å²) >= 11 is 0. The molecule has 2 aromatic rings. The number of rotatable bonds is 4. The van der Waals surface area contributed by atoms with E-state index in [0.717, 1.165) is 12.1 Å². The molecule has 0 saturated heterocycles. The quantitative estimate of drug-likeness (QED) is 0.943. The minimum atomic E-state index is -1.03. The molecule has 0 radical (unpaired) electrons. The Morgan fingerprint density at radius 3 is 2.73 bits per heavy atom. The highest BCUT2D eigenvalue weighted by Crippen LogP contribution is 2.34. The lowest BCUT2D eigenvalue weighted by atomic mass is 10.3. The number of carbonyl (C=O) groups is 1. The number of anilines is 1. The molecule has 7 heteroatoms. The van der Waals surface area contributed by atoms with Gasteiger partial charge in [-0.3, -0.25) is 4.79 Å². The highest BCUT2D eigenvalue weighted by Gasteiger charge is 2.14. The van der Waals surface area contributed by atoms with Crippen molar-refractivity contribution >= 4 is 11.6 Å². The summed E-state index contributed by atoms with van der Waals surface area (Å²) in [5, 5.41) is 2.60. The van der Waals surface area contributed by atoms with Crippen molar-refractivity contribution in [2.75, 3.05) is 18.7 Å². The number of carbonyl (C=O) groups excluding carboxylic acids is 1. The van der Waals surface area contributed by atoms with Crippen LogP contribution in [0.25, 0.3) is 0 Å². The predicted octanol–water partition coefficient (Wildman–Crippen LogP) is 2.71. The van der Waals surface area contributed by atoms with Gasteiger partial charge in [-0.05, 0) is 24.3 Å². The van der Waals surface area contributed by atoms with Crippen molar-refractivity contribution < 1.29 is 27.8 Å². The molecule has 114 valence electrons. The first-order valence-corrected chi connectivity index (χ1v) is 6.39. The second-order valence-electron chi connectivity index (χ2n) is 4.48. The molecular formula is C15H11F2NO4. The van der Waals surface area contributed by atoms with Crippen LogP contribution in [0.4, 0.5) is 14.5 Å². The van der Waals surface area contributed by atoms with E-state index in [-0.39, 0.29) is 19.1 Å². The van der Waals surface area contributed by atoms with Crippen molar-refractivity contribution in [3.8, 4) is 17.2 Å². The number of ether oxygens (including phenoxy) is 3. The number of halogens is 2. The van der Waals surface area contributed by atoms with Crippen LogP contribution < -0.4 is 19.5 Å². The third-order valence-corrected chi connectivity index (χ3v) is 2.92. The van der Waals surface area contributed by atoms with Gasteiger partial charge in [0.2, 0.25) is 6.79 Å². The van der Waals surface area contributed by atoms with Gasteiger partial charge in [-0.25, -0.2) is 8.78 Å². The topological polar surface area (TPSA) is 56.8 Å². The lowest BCUT2D eigenvalue weighted by Gasteiger charge is -2.08. The summed E-state index contributed by atoms with van der Waals surface area (Å²) in [6.07, 6.45) is 0. The van der Waals surface area contributed by atoms with Gasteiger partial charge >= 0.3 is 0 Å². The molecule has 1 N–H and O–H groups in total. The largest absolute Gasteiger partial charge is 0.484 e. The summed E-state index contributed by atoms with van der Waals surface area (Å²) in [7, 11) is 0. The van der Waals surface area contributed by atoms with Crippen molar-refractivity contribution in [1.29, 1.82) is 0 Å². The van der Waals surface area contributed by atoms with Crippen LogP contribution in [0.1, 0.15) is 0 Å². The molecule has 0 fully saturated rings. The van der Waals surface area contributed by atoms with Crippen LogP contribution in [-0.2, 0) is 4.79 Å². The van der Waals surface area contributed by atoms with E-state index in [1.165, 1.54) is 6.07 Å². The smallest absolute Gasteiger partial charge is 0.262 e. The number of hydrogen-bond donors (Lipinski definition) is 1. The van der Waals surface area contributed by atoms with E-state index < -0.39 is 17.5 Å².